The van der Waals surface area contributed by atoms with Crippen molar-refractivity contribution < 1.29 is 26.7 Å². The van der Waals surface area contributed by atoms with E-state index >= 15 is 4.39 Å². The van der Waals surface area contributed by atoms with Crippen molar-refractivity contribution >= 4 is 22.9 Å². The summed E-state index contributed by atoms with van der Waals surface area (Å²) < 4.78 is 69.6. The average Bonchev–Trinajstić information content (AvgIpc) is 2.83. The minimum absolute atomic E-state index is 0.126. The van der Waals surface area contributed by atoms with Crippen molar-refractivity contribution in [3.8, 4) is 0 Å². The number of piperazine rings is 1. The molecule has 0 spiro atoms. The minimum atomic E-state index is -4.92. The smallest absolute Gasteiger partial charge is 0.367 e. The Labute approximate surface area is 207 Å². The van der Waals surface area contributed by atoms with Gasteiger partial charge in [0, 0.05) is 37.3 Å². The van der Waals surface area contributed by atoms with E-state index < -0.39 is 34.8 Å². The second-order valence-corrected chi connectivity index (χ2v) is 9.44. The molecule has 1 amide bonds. The maximum Gasteiger partial charge on any atom is 0.417 e. The van der Waals surface area contributed by atoms with Gasteiger partial charge in [-0.05, 0) is 69.8 Å². The SMILES string of the molecule is C[C@@H]1CN(c2cc(F)c(C3=CCNCC3)cc2NC(=O)c2ccc(F)cc2C(F)(F)F)C[C@H](C)N1C. The number of rotatable bonds is 4. The van der Waals surface area contributed by atoms with E-state index in [1.54, 1.807) is 0 Å². The zero-order valence-electron chi connectivity index (χ0n) is 20.3. The summed E-state index contributed by atoms with van der Waals surface area (Å²) in [6, 6.07) is 5.01. The Morgan fingerprint density at radius 1 is 1.08 bits per heavy atom. The number of carbonyl (C=O) groups is 1. The summed E-state index contributed by atoms with van der Waals surface area (Å²) >= 11 is 0. The second kappa shape index (κ2) is 10.2. The van der Waals surface area contributed by atoms with E-state index in [2.05, 4.69) is 15.5 Å². The Balaban J connectivity index is 1.77. The molecule has 2 heterocycles. The Bertz CT molecular complexity index is 1170. The maximum absolute atomic E-state index is 15.4. The predicted octanol–water partition coefficient (Wildman–Crippen LogP) is 5.14. The van der Waals surface area contributed by atoms with Crippen molar-refractivity contribution in [3.63, 3.8) is 0 Å². The fraction of sp³-hybridized carbons (Fsp3) is 0.423. The van der Waals surface area contributed by atoms with Gasteiger partial charge in [-0.1, -0.05) is 6.08 Å². The van der Waals surface area contributed by atoms with Crippen LogP contribution in [0.4, 0.5) is 33.3 Å². The highest BCUT2D eigenvalue weighted by Gasteiger charge is 2.36. The summed E-state index contributed by atoms with van der Waals surface area (Å²) in [6.07, 6.45) is -2.49. The normalized spacial score (nSPS) is 21.3. The van der Waals surface area contributed by atoms with Crippen molar-refractivity contribution in [1.82, 2.24) is 10.2 Å². The standard InChI is InChI=1S/C26H29F5N4O/c1-15-13-35(14-16(2)34(15)3)24-12-22(28)20(17-6-8-32-9-7-17)11-23(24)33-25(36)19-5-4-18(27)10-21(19)26(29,30)31/h4-6,10-12,15-16,32H,7-9,13-14H2,1-3H3,(H,33,36)/t15-,16+. The average molecular weight is 509 g/mol. The van der Waals surface area contributed by atoms with Crippen molar-refractivity contribution in [2.24, 2.45) is 0 Å². The number of benzene rings is 2. The lowest BCUT2D eigenvalue weighted by Crippen LogP contribution is -2.55. The third-order valence-corrected chi connectivity index (χ3v) is 6.98. The first-order valence-electron chi connectivity index (χ1n) is 11.8. The van der Waals surface area contributed by atoms with E-state index in [0.29, 0.717) is 49.9 Å². The number of hydrogen-bond acceptors (Lipinski definition) is 4. The maximum atomic E-state index is 15.4. The van der Waals surface area contributed by atoms with E-state index in [-0.39, 0.29) is 17.8 Å². The van der Waals surface area contributed by atoms with E-state index in [1.807, 2.05) is 31.9 Å². The van der Waals surface area contributed by atoms with Crippen molar-refractivity contribution in [1.29, 1.82) is 0 Å². The molecule has 2 aromatic carbocycles. The van der Waals surface area contributed by atoms with Gasteiger partial charge in [0.25, 0.3) is 5.91 Å². The molecule has 36 heavy (non-hydrogen) atoms. The van der Waals surface area contributed by atoms with E-state index in [0.717, 1.165) is 17.7 Å². The van der Waals surface area contributed by atoms with Crippen LogP contribution in [0.5, 0.6) is 0 Å². The van der Waals surface area contributed by atoms with Gasteiger partial charge in [-0.15, -0.1) is 0 Å². The first kappa shape index (κ1) is 26.1. The molecule has 2 aliphatic heterocycles. The molecule has 4 rings (SSSR count). The lowest BCUT2D eigenvalue weighted by molar-refractivity contribution is -0.138. The van der Waals surface area contributed by atoms with Gasteiger partial charge >= 0.3 is 6.18 Å². The fourth-order valence-electron chi connectivity index (χ4n) is 4.78. The molecule has 2 N–H and O–H groups in total. The van der Waals surface area contributed by atoms with Gasteiger partial charge in [0.05, 0.1) is 22.5 Å². The first-order valence-corrected chi connectivity index (χ1v) is 11.8. The monoisotopic (exact) mass is 508 g/mol. The molecular weight excluding hydrogens is 479 g/mol. The molecule has 1 saturated heterocycles. The van der Waals surface area contributed by atoms with Gasteiger partial charge in [-0.3, -0.25) is 9.69 Å². The molecule has 0 aliphatic carbocycles. The van der Waals surface area contributed by atoms with Crippen molar-refractivity contribution in [3.05, 3.63) is 64.7 Å². The third-order valence-electron chi connectivity index (χ3n) is 6.98. The van der Waals surface area contributed by atoms with Crippen LogP contribution in [0.25, 0.3) is 5.57 Å². The molecule has 2 atom stereocenters. The number of anilines is 2. The largest absolute Gasteiger partial charge is 0.417 e. The van der Waals surface area contributed by atoms with Gasteiger partial charge in [0.1, 0.15) is 11.6 Å². The third kappa shape index (κ3) is 5.39. The fourth-order valence-corrected chi connectivity index (χ4v) is 4.78. The lowest BCUT2D eigenvalue weighted by Gasteiger charge is -2.44. The van der Waals surface area contributed by atoms with Gasteiger partial charge < -0.3 is 15.5 Å². The van der Waals surface area contributed by atoms with Gasteiger partial charge in [-0.2, -0.15) is 13.2 Å². The Morgan fingerprint density at radius 2 is 1.78 bits per heavy atom. The molecule has 0 unspecified atom stereocenters. The van der Waals surface area contributed by atoms with Crippen molar-refractivity contribution in [2.45, 2.75) is 38.5 Å². The highest BCUT2D eigenvalue weighted by atomic mass is 19.4. The number of alkyl halides is 3. The molecule has 2 aromatic rings. The minimum Gasteiger partial charge on any atom is -0.367 e. The molecule has 1 fully saturated rings. The number of halogens is 5. The highest BCUT2D eigenvalue weighted by Crippen LogP contribution is 2.37. The zero-order valence-corrected chi connectivity index (χ0v) is 20.3. The lowest BCUT2D eigenvalue weighted by atomic mass is 9.97. The number of hydrogen-bond donors (Lipinski definition) is 2. The molecule has 0 bridgehead atoms. The summed E-state index contributed by atoms with van der Waals surface area (Å²) in [4.78, 5) is 17.2. The number of nitrogens with zero attached hydrogens (tertiary/aromatic N) is 2. The molecule has 0 saturated carbocycles. The Hall–Kier alpha value is -2.98. The summed E-state index contributed by atoms with van der Waals surface area (Å²) in [7, 11) is 2.00. The number of nitrogens with one attached hydrogen (secondary N) is 2. The summed E-state index contributed by atoms with van der Waals surface area (Å²) in [5.74, 6) is -2.61. The van der Waals surface area contributed by atoms with Crippen LogP contribution in [-0.4, -0.2) is 56.1 Å². The molecule has 10 heteroatoms. The predicted molar refractivity (Wildman–Crippen MR) is 130 cm³/mol. The molecule has 0 aromatic heterocycles. The quantitative estimate of drug-likeness (QED) is 0.562. The van der Waals surface area contributed by atoms with Crippen LogP contribution in [0.3, 0.4) is 0 Å². The molecular formula is C26H29F5N4O. The number of carbonyl (C=O) groups excluding carboxylic acids is 1. The van der Waals surface area contributed by atoms with Crippen LogP contribution < -0.4 is 15.5 Å². The molecule has 2 aliphatic rings. The van der Waals surface area contributed by atoms with Gasteiger partial charge in [0.2, 0.25) is 0 Å². The Kier molecular flexibility index (Phi) is 7.38. The van der Waals surface area contributed by atoms with Crippen LogP contribution in [0.2, 0.25) is 0 Å². The van der Waals surface area contributed by atoms with Crippen LogP contribution in [-0.2, 0) is 6.18 Å². The second-order valence-electron chi connectivity index (χ2n) is 9.44. The van der Waals surface area contributed by atoms with Crippen LogP contribution in [0.15, 0.2) is 36.4 Å². The first-order chi connectivity index (χ1) is 17.0. The molecule has 0 radical (unpaired) electrons. The number of amides is 1. The van der Waals surface area contributed by atoms with Crippen LogP contribution in [0, 0.1) is 11.6 Å². The summed E-state index contributed by atoms with van der Waals surface area (Å²) in [5, 5.41) is 5.73. The molecule has 194 valence electrons. The summed E-state index contributed by atoms with van der Waals surface area (Å²) in [6.45, 7) is 6.36. The van der Waals surface area contributed by atoms with Crippen LogP contribution in [0.1, 0.15) is 41.8 Å². The van der Waals surface area contributed by atoms with Gasteiger partial charge in [-0.25, -0.2) is 8.78 Å². The zero-order chi connectivity index (χ0) is 26.2. The number of likely N-dealkylation sites (N-methyl/N-ethyl adjacent to an activating group) is 1. The Morgan fingerprint density at radius 3 is 2.39 bits per heavy atom. The van der Waals surface area contributed by atoms with E-state index in [9.17, 15) is 22.4 Å². The summed E-state index contributed by atoms with van der Waals surface area (Å²) in [5.41, 5.74) is -0.431. The van der Waals surface area contributed by atoms with Gasteiger partial charge in [0.15, 0.2) is 0 Å². The molecule has 5 nitrogen and oxygen atoms in total. The van der Waals surface area contributed by atoms with Crippen LogP contribution >= 0.6 is 0 Å². The van der Waals surface area contributed by atoms with E-state index in [4.69, 9.17) is 0 Å². The highest BCUT2D eigenvalue weighted by molar-refractivity contribution is 6.07. The topological polar surface area (TPSA) is 47.6 Å². The van der Waals surface area contributed by atoms with Crippen molar-refractivity contribution in [2.75, 3.05) is 43.4 Å². The van der Waals surface area contributed by atoms with E-state index in [1.165, 1.54) is 12.1 Å².